The number of carbonyl (C=O) groups is 1. The fourth-order valence-electron chi connectivity index (χ4n) is 2.82. The number of benzene rings is 1. The van der Waals surface area contributed by atoms with Crippen LogP contribution in [0.15, 0.2) is 22.7 Å². The summed E-state index contributed by atoms with van der Waals surface area (Å²) in [6.07, 6.45) is 4.67. The summed E-state index contributed by atoms with van der Waals surface area (Å²) in [5, 5.41) is 0. The van der Waals surface area contributed by atoms with Crippen molar-refractivity contribution < 1.29 is 4.79 Å². The van der Waals surface area contributed by atoms with Gasteiger partial charge in [0, 0.05) is 23.2 Å². The van der Waals surface area contributed by atoms with Crippen LogP contribution < -0.4 is 5.73 Å². The largest absolute Gasteiger partial charge is 0.398 e. The molecule has 1 aliphatic carbocycles. The van der Waals surface area contributed by atoms with Crippen LogP contribution in [0, 0.1) is 5.92 Å². The molecule has 0 radical (unpaired) electrons. The molecule has 0 aromatic heterocycles. The van der Waals surface area contributed by atoms with Gasteiger partial charge in [0.25, 0.3) is 5.91 Å². The molecule has 4 heteroatoms. The minimum atomic E-state index is 0.0258. The zero-order chi connectivity index (χ0) is 14.0. The molecular formula is C15H21BrN2O. The molecule has 2 rings (SSSR count). The first-order chi connectivity index (χ1) is 8.99. The molecule has 3 nitrogen and oxygen atoms in total. The molecule has 2 atom stereocenters. The number of nitrogens with zero attached hydrogens (tertiary/aromatic N) is 1. The number of nitrogen functional groups attached to an aromatic ring is 1. The Morgan fingerprint density at radius 2 is 2.16 bits per heavy atom. The van der Waals surface area contributed by atoms with Crippen molar-refractivity contribution in [1.29, 1.82) is 0 Å². The van der Waals surface area contributed by atoms with E-state index in [1.807, 2.05) is 18.0 Å². The highest BCUT2D eigenvalue weighted by atomic mass is 79.9. The van der Waals surface area contributed by atoms with Gasteiger partial charge in [-0.1, -0.05) is 35.7 Å². The molecule has 1 fully saturated rings. The third-order valence-electron chi connectivity index (χ3n) is 4.02. The molecular weight excluding hydrogens is 304 g/mol. The first-order valence-corrected chi connectivity index (χ1v) is 7.60. The first kappa shape index (κ1) is 14.4. The monoisotopic (exact) mass is 324 g/mol. The van der Waals surface area contributed by atoms with Gasteiger partial charge >= 0.3 is 0 Å². The van der Waals surface area contributed by atoms with E-state index in [1.54, 1.807) is 12.1 Å². The van der Waals surface area contributed by atoms with Crippen LogP contribution in [0.1, 0.15) is 43.0 Å². The van der Waals surface area contributed by atoms with Gasteiger partial charge in [-0.3, -0.25) is 4.79 Å². The van der Waals surface area contributed by atoms with Gasteiger partial charge in [-0.05, 0) is 37.0 Å². The van der Waals surface area contributed by atoms with E-state index in [0.717, 1.165) is 17.3 Å². The topological polar surface area (TPSA) is 46.3 Å². The number of nitrogens with two attached hydrogens (primary N) is 1. The second-order valence-electron chi connectivity index (χ2n) is 5.57. The molecule has 19 heavy (non-hydrogen) atoms. The fourth-order valence-corrected chi connectivity index (χ4v) is 3.18. The lowest BCUT2D eigenvalue weighted by Crippen LogP contribution is -2.40. The predicted octanol–water partition coefficient (Wildman–Crippen LogP) is 3.68. The molecule has 0 aliphatic heterocycles. The molecule has 0 saturated heterocycles. The summed E-state index contributed by atoms with van der Waals surface area (Å²) in [7, 11) is 1.89. The van der Waals surface area contributed by atoms with Gasteiger partial charge in [0.1, 0.15) is 0 Å². The molecule has 0 heterocycles. The summed E-state index contributed by atoms with van der Waals surface area (Å²) in [5.74, 6) is 0.728. The minimum absolute atomic E-state index is 0.0258. The average Bonchev–Trinajstić information content (AvgIpc) is 2.40. The van der Waals surface area contributed by atoms with Gasteiger partial charge in [-0.25, -0.2) is 0 Å². The molecule has 1 aromatic carbocycles. The van der Waals surface area contributed by atoms with Crippen LogP contribution in [-0.2, 0) is 0 Å². The van der Waals surface area contributed by atoms with Crippen LogP contribution in [0.4, 0.5) is 5.69 Å². The molecule has 2 unspecified atom stereocenters. The van der Waals surface area contributed by atoms with Crippen LogP contribution in [-0.4, -0.2) is 23.9 Å². The van der Waals surface area contributed by atoms with E-state index in [9.17, 15) is 4.79 Å². The Bertz CT molecular complexity index is 475. The normalized spacial score (nSPS) is 23.1. The Morgan fingerprint density at radius 1 is 1.42 bits per heavy atom. The van der Waals surface area contributed by atoms with Gasteiger partial charge in [-0.2, -0.15) is 0 Å². The van der Waals surface area contributed by atoms with E-state index < -0.39 is 0 Å². The maximum Gasteiger partial charge on any atom is 0.255 e. The third-order valence-corrected chi connectivity index (χ3v) is 4.52. The Balaban J connectivity index is 2.16. The number of carbonyl (C=O) groups excluding carboxylic acids is 1. The number of amides is 1. The Labute approximate surface area is 123 Å². The lowest BCUT2D eigenvalue weighted by atomic mass is 9.86. The van der Waals surface area contributed by atoms with E-state index in [4.69, 9.17) is 5.73 Å². The molecule has 1 amide bonds. The highest BCUT2D eigenvalue weighted by Crippen LogP contribution is 2.28. The maximum atomic E-state index is 12.5. The molecule has 2 N–H and O–H groups in total. The summed E-state index contributed by atoms with van der Waals surface area (Å²) in [5.41, 5.74) is 7.05. The van der Waals surface area contributed by atoms with Crippen LogP contribution in [0.5, 0.6) is 0 Å². The van der Waals surface area contributed by atoms with Gasteiger partial charge in [-0.15, -0.1) is 0 Å². The van der Waals surface area contributed by atoms with Crippen LogP contribution in [0.3, 0.4) is 0 Å². The zero-order valence-electron chi connectivity index (χ0n) is 11.5. The van der Waals surface area contributed by atoms with E-state index in [2.05, 4.69) is 22.9 Å². The Hall–Kier alpha value is -1.03. The molecule has 104 valence electrons. The van der Waals surface area contributed by atoms with Crippen molar-refractivity contribution in [3.05, 3.63) is 28.2 Å². The minimum Gasteiger partial charge on any atom is -0.398 e. The van der Waals surface area contributed by atoms with Crippen molar-refractivity contribution in [1.82, 2.24) is 4.90 Å². The first-order valence-electron chi connectivity index (χ1n) is 6.81. The van der Waals surface area contributed by atoms with Crippen molar-refractivity contribution >= 4 is 27.5 Å². The van der Waals surface area contributed by atoms with E-state index in [0.29, 0.717) is 23.2 Å². The van der Waals surface area contributed by atoms with Gasteiger partial charge in [0.05, 0.1) is 5.56 Å². The second-order valence-corrected chi connectivity index (χ2v) is 6.49. The van der Waals surface area contributed by atoms with Gasteiger partial charge in [0.15, 0.2) is 0 Å². The van der Waals surface area contributed by atoms with Crippen molar-refractivity contribution in [2.24, 2.45) is 5.92 Å². The van der Waals surface area contributed by atoms with Crippen LogP contribution >= 0.6 is 15.9 Å². The van der Waals surface area contributed by atoms with Crippen LogP contribution in [0.25, 0.3) is 0 Å². The Kier molecular flexibility index (Phi) is 4.50. The average molecular weight is 325 g/mol. The summed E-state index contributed by atoms with van der Waals surface area (Å²) in [6.45, 7) is 2.26. The molecule has 0 spiro atoms. The summed E-state index contributed by atoms with van der Waals surface area (Å²) in [6, 6.07) is 5.78. The number of hydrogen-bond donors (Lipinski definition) is 1. The van der Waals surface area contributed by atoms with Crippen molar-refractivity contribution in [3.8, 4) is 0 Å². The summed E-state index contributed by atoms with van der Waals surface area (Å²) < 4.78 is 0.885. The summed E-state index contributed by atoms with van der Waals surface area (Å²) >= 11 is 3.39. The molecule has 1 saturated carbocycles. The second kappa shape index (κ2) is 5.95. The predicted molar refractivity (Wildman–Crippen MR) is 82.1 cm³/mol. The highest BCUT2D eigenvalue weighted by Gasteiger charge is 2.26. The molecule has 0 bridgehead atoms. The smallest absolute Gasteiger partial charge is 0.255 e. The summed E-state index contributed by atoms with van der Waals surface area (Å²) in [4.78, 5) is 14.4. The van der Waals surface area contributed by atoms with Gasteiger partial charge < -0.3 is 10.6 Å². The SMILES string of the molecule is CC1CCCC(N(C)C(=O)c2cc(Br)ccc2N)C1. The fraction of sp³-hybridized carbons (Fsp3) is 0.533. The van der Waals surface area contributed by atoms with Crippen molar-refractivity contribution in [3.63, 3.8) is 0 Å². The number of anilines is 1. The number of hydrogen-bond acceptors (Lipinski definition) is 2. The Morgan fingerprint density at radius 3 is 2.84 bits per heavy atom. The lowest BCUT2D eigenvalue weighted by Gasteiger charge is -2.34. The lowest BCUT2D eigenvalue weighted by molar-refractivity contribution is 0.0673. The highest BCUT2D eigenvalue weighted by molar-refractivity contribution is 9.10. The van der Waals surface area contributed by atoms with E-state index >= 15 is 0 Å². The van der Waals surface area contributed by atoms with Crippen LogP contribution in [0.2, 0.25) is 0 Å². The standard InChI is InChI=1S/C15H21BrN2O/c1-10-4-3-5-12(8-10)18(2)15(19)13-9-11(16)6-7-14(13)17/h6-7,9-10,12H,3-5,8,17H2,1-2H3. The maximum absolute atomic E-state index is 12.5. The molecule has 1 aromatic rings. The molecule has 1 aliphatic rings. The van der Waals surface area contributed by atoms with Gasteiger partial charge in [0.2, 0.25) is 0 Å². The zero-order valence-corrected chi connectivity index (χ0v) is 13.1. The van der Waals surface area contributed by atoms with E-state index in [-0.39, 0.29) is 5.91 Å². The number of rotatable bonds is 2. The third kappa shape index (κ3) is 3.30. The van der Waals surface area contributed by atoms with E-state index in [1.165, 1.54) is 12.8 Å². The van der Waals surface area contributed by atoms with Crippen molar-refractivity contribution in [2.45, 2.75) is 38.6 Å². The quantitative estimate of drug-likeness (QED) is 0.843. The number of halogens is 1. The van der Waals surface area contributed by atoms with Crippen molar-refractivity contribution in [2.75, 3.05) is 12.8 Å².